The first-order valence-electron chi connectivity index (χ1n) is 14.1. The van der Waals surface area contributed by atoms with E-state index >= 15 is 0 Å². The van der Waals surface area contributed by atoms with E-state index in [0.717, 1.165) is 33.2 Å². The number of anilines is 1. The van der Waals surface area contributed by atoms with E-state index in [1.807, 2.05) is 36.4 Å². The molecule has 0 radical (unpaired) electrons. The van der Waals surface area contributed by atoms with Gasteiger partial charge in [-0.15, -0.1) is 11.8 Å². The van der Waals surface area contributed by atoms with E-state index < -0.39 is 17.8 Å². The molecule has 0 spiro atoms. The summed E-state index contributed by atoms with van der Waals surface area (Å²) in [4.78, 5) is 55.7. The summed E-state index contributed by atoms with van der Waals surface area (Å²) in [6.45, 7) is 1.80. The van der Waals surface area contributed by atoms with Crippen LogP contribution in [0.5, 0.6) is 11.5 Å². The molecule has 11 heteroatoms. The Kier molecular flexibility index (Phi) is 6.69. The van der Waals surface area contributed by atoms with Crippen molar-refractivity contribution in [3.63, 3.8) is 0 Å². The van der Waals surface area contributed by atoms with E-state index in [-0.39, 0.29) is 58.8 Å². The van der Waals surface area contributed by atoms with Crippen molar-refractivity contribution in [1.29, 1.82) is 0 Å². The van der Waals surface area contributed by atoms with E-state index in [1.54, 1.807) is 45.0 Å². The fourth-order valence-corrected chi connectivity index (χ4v) is 11.0. The van der Waals surface area contributed by atoms with Gasteiger partial charge >= 0.3 is 10.8 Å². The molecule has 218 valence electrons. The molecule has 4 aliphatic rings. The number of carbonyl (C=O) groups excluding carboxylic acids is 3. The third kappa shape index (κ3) is 3.89. The van der Waals surface area contributed by atoms with Gasteiger partial charge < -0.3 is 14.2 Å². The average molecular weight is 607 g/mol. The monoisotopic (exact) mass is 606 g/mol. The molecule has 2 amide bonds. The van der Waals surface area contributed by atoms with Crippen LogP contribution in [0.25, 0.3) is 0 Å². The van der Waals surface area contributed by atoms with Gasteiger partial charge in [-0.25, -0.2) is 0 Å². The Hall–Kier alpha value is -3.57. The highest BCUT2D eigenvalue weighted by molar-refractivity contribution is 8.00. The van der Waals surface area contributed by atoms with Crippen LogP contribution in [0.15, 0.2) is 58.4 Å². The first-order chi connectivity index (χ1) is 20.4. The number of imide groups is 1. The summed E-state index contributed by atoms with van der Waals surface area (Å²) in [5.41, 5.74) is 1.56. The van der Waals surface area contributed by atoms with Crippen molar-refractivity contribution >= 4 is 46.6 Å². The maximum atomic E-state index is 13.9. The maximum absolute atomic E-state index is 13.9. The summed E-state index contributed by atoms with van der Waals surface area (Å²) in [7, 11) is 3.17. The highest BCUT2D eigenvalue weighted by Gasteiger charge is 2.69. The van der Waals surface area contributed by atoms with Crippen LogP contribution < -0.4 is 19.2 Å². The topological polar surface area (TPSA) is 104 Å². The van der Waals surface area contributed by atoms with Crippen LogP contribution in [0, 0.1) is 29.6 Å². The fraction of sp³-hybridized carbons (Fsp3) is 0.419. The minimum absolute atomic E-state index is 0.00299. The van der Waals surface area contributed by atoms with E-state index in [0.29, 0.717) is 17.2 Å². The summed E-state index contributed by atoms with van der Waals surface area (Å²) >= 11 is 2.74. The van der Waals surface area contributed by atoms with Gasteiger partial charge in [0.25, 0.3) is 0 Å². The van der Waals surface area contributed by atoms with Crippen LogP contribution in [0.3, 0.4) is 0 Å². The quantitative estimate of drug-likeness (QED) is 0.292. The second-order valence-corrected chi connectivity index (χ2v) is 13.3. The molecule has 7 rings (SSSR count). The number of aromatic nitrogens is 1. The number of hydrogen-bond donors (Lipinski definition) is 0. The Balaban J connectivity index is 1.35. The van der Waals surface area contributed by atoms with Crippen LogP contribution in [-0.4, -0.2) is 48.4 Å². The third-order valence-electron chi connectivity index (χ3n) is 9.32. The maximum Gasteiger partial charge on any atom is 0.326 e. The molecular formula is C31H30N2O7S2. The Morgan fingerprint density at radius 1 is 0.952 bits per heavy atom. The van der Waals surface area contributed by atoms with E-state index in [1.165, 1.54) is 9.47 Å². The standard InChI is InChI=1S/C31H30N2O7S2/c1-4-40-21(34)14-32-30-27(42-31(32)37)22(15-10-11-19(38-2)20(12-15)39-3)23-17-13-18(26(23)41-30)25-24(17)28(35)33(29(25)36)16-8-6-5-7-9-16/h5-12,17-18,22-26H,4,13-14H2,1-3H3. The lowest BCUT2D eigenvalue weighted by molar-refractivity contribution is -0.144. The van der Waals surface area contributed by atoms with Gasteiger partial charge in [0.05, 0.1) is 43.4 Å². The highest BCUT2D eigenvalue weighted by Crippen LogP contribution is 2.69. The van der Waals surface area contributed by atoms with Crippen molar-refractivity contribution in [1.82, 2.24) is 4.57 Å². The fourth-order valence-electron chi connectivity index (χ4n) is 7.84. The molecule has 42 heavy (non-hydrogen) atoms. The molecule has 3 aromatic rings. The van der Waals surface area contributed by atoms with Gasteiger partial charge in [-0.05, 0) is 60.9 Å². The number of amides is 2. The van der Waals surface area contributed by atoms with E-state index in [4.69, 9.17) is 14.2 Å². The molecular weight excluding hydrogens is 576 g/mol. The number of hydrogen-bond acceptors (Lipinski definition) is 9. The Labute approximate surface area is 250 Å². The molecule has 2 aliphatic heterocycles. The molecule has 3 heterocycles. The number of methoxy groups -OCH3 is 2. The second kappa shape index (κ2) is 10.3. The highest BCUT2D eigenvalue weighted by atomic mass is 32.2. The Morgan fingerprint density at radius 2 is 1.67 bits per heavy atom. The molecule has 7 unspecified atom stereocenters. The number of rotatable bonds is 7. The summed E-state index contributed by atoms with van der Waals surface area (Å²) in [6, 6.07) is 14.9. The van der Waals surface area contributed by atoms with Crippen molar-refractivity contribution in [3.8, 4) is 11.5 Å². The minimum Gasteiger partial charge on any atom is -0.493 e. The number of fused-ring (bicyclic) bond motifs is 9. The predicted molar refractivity (Wildman–Crippen MR) is 157 cm³/mol. The Bertz CT molecular complexity index is 1650. The Morgan fingerprint density at radius 3 is 2.36 bits per heavy atom. The first-order valence-corrected chi connectivity index (χ1v) is 15.8. The molecule has 2 aliphatic carbocycles. The van der Waals surface area contributed by atoms with Crippen molar-refractivity contribution in [2.24, 2.45) is 29.6 Å². The zero-order chi connectivity index (χ0) is 29.3. The van der Waals surface area contributed by atoms with Crippen molar-refractivity contribution in [2.45, 2.75) is 36.1 Å². The molecule has 7 atom stereocenters. The minimum atomic E-state index is -0.464. The zero-order valence-electron chi connectivity index (χ0n) is 23.4. The van der Waals surface area contributed by atoms with E-state index in [9.17, 15) is 19.2 Å². The van der Waals surface area contributed by atoms with Gasteiger partial charge in [0.15, 0.2) is 11.5 Å². The average Bonchev–Trinajstić information content (AvgIpc) is 3.72. The van der Waals surface area contributed by atoms with Crippen molar-refractivity contribution in [3.05, 3.63) is 68.6 Å². The molecule has 2 aromatic carbocycles. The van der Waals surface area contributed by atoms with Gasteiger partial charge in [0.1, 0.15) is 6.54 Å². The number of thioether (sulfide) groups is 1. The van der Waals surface area contributed by atoms with Gasteiger partial charge in [0, 0.05) is 16.0 Å². The molecule has 9 nitrogen and oxygen atoms in total. The van der Waals surface area contributed by atoms with Gasteiger partial charge in [0.2, 0.25) is 11.8 Å². The lowest BCUT2D eigenvalue weighted by atomic mass is 9.68. The molecule has 0 N–H and O–H groups in total. The smallest absolute Gasteiger partial charge is 0.326 e. The molecule has 2 bridgehead atoms. The zero-order valence-corrected chi connectivity index (χ0v) is 25.0. The van der Waals surface area contributed by atoms with Gasteiger partial charge in [-0.2, -0.15) is 0 Å². The number of esters is 1. The largest absolute Gasteiger partial charge is 0.493 e. The van der Waals surface area contributed by atoms with Gasteiger partial charge in [-0.3, -0.25) is 28.6 Å². The molecule has 1 aromatic heterocycles. The van der Waals surface area contributed by atoms with Crippen LogP contribution in [0.2, 0.25) is 0 Å². The summed E-state index contributed by atoms with van der Waals surface area (Å²) in [5.74, 6) is -0.583. The number of para-hydroxylation sites is 1. The number of thiazole rings is 1. The van der Waals surface area contributed by atoms with Gasteiger partial charge in [-0.1, -0.05) is 35.6 Å². The van der Waals surface area contributed by atoms with Crippen molar-refractivity contribution < 1.29 is 28.6 Å². The van der Waals surface area contributed by atoms with Crippen LogP contribution in [-0.2, 0) is 25.7 Å². The van der Waals surface area contributed by atoms with E-state index in [2.05, 4.69) is 0 Å². The normalized spacial score (nSPS) is 28.8. The molecule has 1 saturated heterocycles. The number of ether oxygens (including phenoxy) is 3. The molecule has 3 fully saturated rings. The summed E-state index contributed by atoms with van der Waals surface area (Å²) in [5, 5.41) is 0.747. The SMILES string of the molecule is CCOC(=O)Cn1c2c(sc1=O)C(c1ccc(OC)c(OC)c1)C1C3CC(C1S2)C1C(=O)N(c2ccccc2)C(=O)C31. The lowest BCUT2D eigenvalue weighted by Crippen LogP contribution is -2.43. The molecule has 2 saturated carbocycles. The predicted octanol–water partition coefficient (Wildman–Crippen LogP) is 4.17. The summed E-state index contributed by atoms with van der Waals surface area (Å²) in [6.07, 6.45) is 0.776. The third-order valence-corrected chi connectivity index (χ3v) is 12.1. The van der Waals surface area contributed by atoms with Crippen molar-refractivity contribution in [2.75, 3.05) is 25.7 Å². The summed E-state index contributed by atoms with van der Waals surface area (Å²) < 4.78 is 17.8. The first kappa shape index (κ1) is 27.3. The van der Waals surface area contributed by atoms with Crippen LogP contribution in [0.4, 0.5) is 5.69 Å². The second-order valence-electron chi connectivity index (χ2n) is 11.1. The number of benzene rings is 2. The number of carbonyl (C=O) groups is 3. The van der Waals surface area contributed by atoms with Crippen LogP contribution in [0.1, 0.15) is 29.7 Å². The number of nitrogens with zero attached hydrogens (tertiary/aromatic N) is 2. The van der Waals surface area contributed by atoms with Crippen LogP contribution >= 0.6 is 23.1 Å². The lowest BCUT2D eigenvalue weighted by Gasteiger charge is -2.43.